The van der Waals surface area contributed by atoms with Gasteiger partial charge in [-0.2, -0.15) is 5.26 Å². The van der Waals surface area contributed by atoms with E-state index in [4.69, 9.17) is 14.7 Å². The number of nitriles is 1. The van der Waals surface area contributed by atoms with Gasteiger partial charge in [-0.15, -0.1) is 11.3 Å². The lowest BCUT2D eigenvalue weighted by Crippen LogP contribution is -2.31. The first-order chi connectivity index (χ1) is 12.1. The van der Waals surface area contributed by atoms with Gasteiger partial charge in [0.05, 0.1) is 26.3 Å². The van der Waals surface area contributed by atoms with Gasteiger partial charge < -0.3 is 14.8 Å². The Balaban J connectivity index is 1.85. The molecule has 1 heterocycles. The average molecular weight is 359 g/mol. The van der Waals surface area contributed by atoms with Crippen LogP contribution in [0.2, 0.25) is 0 Å². The number of rotatable bonds is 8. The van der Waals surface area contributed by atoms with Crippen molar-refractivity contribution in [1.29, 1.82) is 5.26 Å². The molecular formula is C18H21N3O3S. The molecule has 2 aromatic rings. The zero-order valence-electron chi connectivity index (χ0n) is 14.5. The minimum atomic E-state index is -0.131. The number of amides is 1. The lowest BCUT2D eigenvalue weighted by Gasteiger charge is -2.16. The molecule has 0 atom stereocenters. The molecule has 0 unspecified atom stereocenters. The van der Waals surface area contributed by atoms with E-state index in [1.165, 1.54) is 11.3 Å². The summed E-state index contributed by atoms with van der Waals surface area (Å²) < 4.78 is 10.5. The Morgan fingerprint density at radius 1 is 1.28 bits per heavy atom. The summed E-state index contributed by atoms with van der Waals surface area (Å²) in [4.78, 5) is 14.0. The molecule has 0 fully saturated rings. The standard InChI is InChI=1S/C18H21N3O3S/c1-21(12-17(22)20-18-14(11-19)7-9-25-18)8-6-13-4-5-15(23-2)16(10-13)24-3/h4-5,7,9-10H,6,8,12H2,1-3H3,(H,20,22). The zero-order chi connectivity index (χ0) is 18.2. The van der Waals surface area contributed by atoms with E-state index in [-0.39, 0.29) is 12.5 Å². The molecule has 1 amide bonds. The highest BCUT2D eigenvalue weighted by atomic mass is 32.1. The highest BCUT2D eigenvalue weighted by molar-refractivity contribution is 7.14. The number of hydrogen-bond acceptors (Lipinski definition) is 6. The van der Waals surface area contributed by atoms with Crippen LogP contribution in [0.15, 0.2) is 29.6 Å². The Morgan fingerprint density at radius 2 is 2.04 bits per heavy atom. The number of hydrogen-bond donors (Lipinski definition) is 1. The minimum absolute atomic E-state index is 0.131. The molecule has 0 aliphatic rings. The van der Waals surface area contributed by atoms with Crippen molar-refractivity contribution in [2.75, 3.05) is 39.7 Å². The summed E-state index contributed by atoms with van der Waals surface area (Å²) in [7, 11) is 5.10. The van der Waals surface area contributed by atoms with Gasteiger partial charge in [0.15, 0.2) is 11.5 Å². The smallest absolute Gasteiger partial charge is 0.239 e. The molecule has 7 heteroatoms. The normalized spacial score (nSPS) is 10.4. The molecule has 1 N–H and O–H groups in total. The lowest BCUT2D eigenvalue weighted by atomic mass is 10.1. The Hall–Kier alpha value is -2.56. The Kier molecular flexibility index (Phi) is 6.81. The van der Waals surface area contributed by atoms with Crippen molar-refractivity contribution in [3.8, 4) is 17.6 Å². The fourth-order valence-corrected chi connectivity index (χ4v) is 3.09. The Labute approximate surface area is 151 Å². The molecule has 0 aliphatic carbocycles. The summed E-state index contributed by atoms with van der Waals surface area (Å²) in [5, 5.41) is 14.1. The van der Waals surface area contributed by atoms with Crippen LogP contribution < -0.4 is 14.8 Å². The van der Waals surface area contributed by atoms with Gasteiger partial charge in [0.25, 0.3) is 0 Å². The average Bonchev–Trinajstić information content (AvgIpc) is 3.06. The number of methoxy groups -OCH3 is 2. The fraction of sp³-hybridized carbons (Fsp3) is 0.333. The Bertz CT molecular complexity index is 767. The summed E-state index contributed by atoms with van der Waals surface area (Å²) >= 11 is 1.35. The third kappa shape index (κ3) is 5.21. The zero-order valence-corrected chi connectivity index (χ0v) is 15.4. The summed E-state index contributed by atoms with van der Waals surface area (Å²) in [5.74, 6) is 1.26. The van der Waals surface area contributed by atoms with E-state index in [0.717, 1.165) is 18.5 Å². The quantitative estimate of drug-likeness (QED) is 0.784. The van der Waals surface area contributed by atoms with Crippen LogP contribution in [0.5, 0.6) is 11.5 Å². The van der Waals surface area contributed by atoms with Gasteiger partial charge in [0.2, 0.25) is 5.91 Å². The SMILES string of the molecule is COc1ccc(CCN(C)CC(=O)Nc2sccc2C#N)cc1OC. The molecular weight excluding hydrogens is 338 g/mol. The number of nitrogens with one attached hydrogen (secondary N) is 1. The molecule has 1 aromatic carbocycles. The first kappa shape index (κ1) is 18.8. The van der Waals surface area contributed by atoms with Crippen molar-refractivity contribution in [1.82, 2.24) is 4.90 Å². The van der Waals surface area contributed by atoms with Crippen molar-refractivity contribution in [2.45, 2.75) is 6.42 Å². The number of benzene rings is 1. The number of ether oxygens (including phenoxy) is 2. The topological polar surface area (TPSA) is 74.6 Å². The highest BCUT2D eigenvalue weighted by Gasteiger charge is 2.11. The molecule has 0 spiro atoms. The summed E-state index contributed by atoms with van der Waals surface area (Å²) in [6.07, 6.45) is 0.784. The first-order valence-corrected chi connectivity index (χ1v) is 8.62. The van der Waals surface area contributed by atoms with Gasteiger partial charge >= 0.3 is 0 Å². The second kappa shape index (κ2) is 9.06. The van der Waals surface area contributed by atoms with Crippen LogP contribution in [0.25, 0.3) is 0 Å². The minimum Gasteiger partial charge on any atom is -0.493 e. The van der Waals surface area contributed by atoms with Gasteiger partial charge in [-0.1, -0.05) is 6.07 Å². The van der Waals surface area contributed by atoms with E-state index < -0.39 is 0 Å². The third-order valence-corrected chi connectivity index (χ3v) is 4.51. The molecule has 0 aliphatic heterocycles. The van der Waals surface area contributed by atoms with Crippen molar-refractivity contribution >= 4 is 22.2 Å². The van der Waals surface area contributed by atoms with Crippen LogP contribution in [-0.4, -0.2) is 45.2 Å². The van der Waals surface area contributed by atoms with Crippen molar-refractivity contribution in [2.24, 2.45) is 0 Å². The third-order valence-electron chi connectivity index (χ3n) is 3.68. The van der Waals surface area contributed by atoms with Crippen LogP contribution in [0.3, 0.4) is 0 Å². The maximum Gasteiger partial charge on any atom is 0.239 e. The summed E-state index contributed by atoms with van der Waals surface area (Å²) in [6.45, 7) is 0.981. The second-order valence-electron chi connectivity index (χ2n) is 5.50. The number of nitrogens with zero attached hydrogens (tertiary/aromatic N) is 2. The maximum atomic E-state index is 12.1. The summed E-state index contributed by atoms with van der Waals surface area (Å²) in [6, 6.07) is 9.56. The van der Waals surface area contributed by atoms with E-state index in [1.807, 2.05) is 30.1 Å². The largest absolute Gasteiger partial charge is 0.493 e. The number of likely N-dealkylation sites (N-methyl/N-ethyl adjacent to an activating group) is 1. The van der Waals surface area contributed by atoms with E-state index in [1.54, 1.807) is 25.7 Å². The molecule has 2 rings (SSSR count). The van der Waals surface area contributed by atoms with E-state index in [0.29, 0.717) is 22.1 Å². The van der Waals surface area contributed by atoms with Gasteiger partial charge in [-0.25, -0.2) is 0 Å². The van der Waals surface area contributed by atoms with Crippen molar-refractivity contribution in [3.05, 3.63) is 40.8 Å². The van der Waals surface area contributed by atoms with Crippen LogP contribution >= 0.6 is 11.3 Å². The number of carbonyl (C=O) groups is 1. The van der Waals surface area contributed by atoms with E-state index >= 15 is 0 Å². The van der Waals surface area contributed by atoms with Crippen molar-refractivity contribution in [3.63, 3.8) is 0 Å². The number of anilines is 1. The monoisotopic (exact) mass is 359 g/mol. The molecule has 25 heavy (non-hydrogen) atoms. The summed E-state index contributed by atoms with van der Waals surface area (Å²) in [5.41, 5.74) is 1.60. The fourth-order valence-electron chi connectivity index (χ4n) is 2.34. The molecule has 0 saturated heterocycles. The number of thiophene rings is 1. The van der Waals surface area contributed by atoms with E-state index in [2.05, 4.69) is 11.4 Å². The molecule has 0 radical (unpaired) electrons. The van der Waals surface area contributed by atoms with Gasteiger partial charge in [0.1, 0.15) is 11.1 Å². The van der Waals surface area contributed by atoms with Gasteiger partial charge in [0, 0.05) is 6.54 Å². The van der Waals surface area contributed by atoms with Gasteiger partial charge in [-0.05, 0) is 42.6 Å². The predicted molar refractivity (Wildman–Crippen MR) is 98.4 cm³/mol. The van der Waals surface area contributed by atoms with Crippen molar-refractivity contribution < 1.29 is 14.3 Å². The first-order valence-electron chi connectivity index (χ1n) is 7.74. The van der Waals surface area contributed by atoms with Crippen LogP contribution in [0.1, 0.15) is 11.1 Å². The predicted octanol–water partition coefficient (Wildman–Crippen LogP) is 2.75. The highest BCUT2D eigenvalue weighted by Crippen LogP contribution is 2.27. The molecule has 132 valence electrons. The molecule has 0 saturated carbocycles. The molecule has 1 aromatic heterocycles. The molecule has 6 nitrogen and oxygen atoms in total. The second-order valence-corrected chi connectivity index (χ2v) is 6.42. The van der Waals surface area contributed by atoms with Crippen LogP contribution in [0, 0.1) is 11.3 Å². The number of carbonyl (C=O) groups excluding carboxylic acids is 1. The maximum absolute atomic E-state index is 12.1. The molecule has 0 bridgehead atoms. The van der Waals surface area contributed by atoms with Crippen LogP contribution in [-0.2, 0) is 11.2 Å². The Morgan fingerprint density at radius 3 is 2.72 bits per heavy atom. The van der Waals surface area contributed by atoms with E-state index in [9.17, 15) is 4.79 Å². The lowest BCUT2D eigenvalue weighted by molar-refractivity contribution is -0.117. The van der Waals surface area contributed by atoms with Gasteiger partial charge in [-0.3, -0.25) is 9.69 Å². The van der Waals surface area contributed by atoms with Crippen LogP contribution in [0.4, 0.5) is 5.00 Å².